The lowest BCUT2D eigenvalue weighted by Crippen LogP contribution is -2.27. The van der Waals surface area contributed by atoms with E-state index in [1.165, 1.54) is 11.1 Å². The number of phenols is 1. The number of amides is 1. The molecule has 3 N–H and O–H groups in total. The van der Waals surface area contributed by atoms with Gasteiger partial charge in [0.2, 0.25) is 0 Å². The lowest BCUT2D eigenvalue weighted by Gasteiger charge is -2.12. The largest absolute Gasteiger partial charge is 0.508 e. The molecule has 0 aromatic heterocycles. The van der Waals surface area contributed by atoms with Crippen LogP contribution in [0.4, 0.5) is 0 Å². The molecule has 0 aliphatic carbocycles. The number of rotatable bonds is 11. The molecular weight excluding hydrogens is 420 g/mol. The Morgan fingerprint density at radius 2 is 1.66 bits per heavy atom. The van der Waals surface area contributed by atoms with Crippen molar-refractivity contribution in [2.24, 2.45) is 0 Å². The summed E-state index contributed by atoms with van der Waals surface area (Å²) in [5.41, 5.74) is 5.04. The van der Waals surface area contributed by atoms with Crippen molar-refractivity contribution in [3.63, 3.8) is 0 Å². The Kier molecular flexibility index (Phi) is 9.14. The third-order valence-corrected chi connectivity index (χ3v) is 5.77. The highest BCUT2D eigenvalue weighted by Crippen LogP contribution is 2.17. The van der Waals surface area contributed by atoms with Gasteiger partial charge in [-0.15, -0.1) is 0 Å². The van der Waals surface area contributed by atoms with Crippen LogP contribution in [0.5, 0.6) is 5.75 Å². The molecule has 3 rings (SSSR count). The highest BCUT2D eigenvalue weighted by molar-refractivity contribution is 6.30. The molecule has 1 amide bonds. The zero-order valence-electron chi connectivity index (χ0n) is 18.5. The van der Waals surface area contributed by atoms with E-state index in [1.54, 1.807) is 6.07 Å². The van der Waals surface area contributed by atoms with Gasteiger partial charge < -0.3 is 15.7 Å². The summed E-state index contributed by atoms with van der Waals surface area (Å²) in [7, 11) is 0. The maximum Gasteiger partial charge on any atom is 0.251 e. The lowest BCUT2D eigenvalue weighted by atomic mass is 10.1. The number of aromatic hydroxyl groups is 1. The molecule has 0 bridgehead atoms. The third-order valence-electron chi connectivity index (χ3n) is 5.52. The van der Waals surface area contributed by atoms with Crippen LogP contribution in [0.2, 0.25) is 5.02 Å². The number of nitrogens with one attached hydrogen (secondary N) is 2. The van der Waals surface area contributed by atoms with Gasteiger partial charge >= 0.3 is 0 Å². The molecule has 0 atom stereocenters. The molecule has 0 fully saturated rings. The van der Waals surface area contributed by atoms with Crippen LogP contribution in [-0.2, 0) is 19.4 Å². The van der Waals surface area contributed by atoms with Crippen LogP contribution in [0, 0.1) is 6.92 Å². The average molecular weight is 451 g/mol. The van der Waals surface area contributed by atoms with Crippen molar-refractivity contribution in [3.05, 3.63) is 99.6 Å². The minimum absolute atomic E-state index is 0.0250. The summed E-state index contributed by atoms with van der Waals surface area (Å²) in [4.78, 5) is 12.7. The van der Waals surface area contributed by atoms with Crippen LogP contribution in [0.3, 0.4) is 0 Å². The topological polar surface area (TPSA) is 61.4 Å². The quantitative estimate of drug-likeness (QED) is 0.341. The normalized spacial score (nSPS) is 10.8. The van der Waals surface area contributed by atoms with Crippen LogP contribution in [0.15, 0.2) is 66.7 Å². The van der Waals surface area contributed by atoms with Gasteiger partial charge in [0.05, 0.1) is 0 Å². The first-order valence-corrected chi connectivity index (χ1v) is 11.5. The Bertz CT molecular complexity index is 1020. The Hall–Kier alpha value is -2.82. The van der Waals surface area contributed by atoms with Crippen molar-refractivity contribution in [3.8, 4) is 5.75 Å². The molecule has 0 spiro atoms. The van der Waals surface area contributed by atoms with Crippen molar-refractivity contribution in [2.75, 3.05) is 13.1 Å². The molecule has 0 heterocycles. The zero-order valence-corrected chi connectivity index (χ0v) is 19.3. The minimum atomic E-state index is -0.0250. The fraction of sp³-hybridized carbons (Fsp3) is 0.296. The summed E-state index contributed by atoms with van der Waals surface area (Å²) in [5, 5.41) is 16.9. The van der Waals surface area contributed by atoms with E-state index >= 15 is 0 Å². The van der Waals surface area contributed by atoms with Crippen molar-refractivity contribution in [1.82, 2.24) is 10.6 Å². The highest BCUT2D eigenvalue weighted by atomic mass is 35.5. The zero-order chi connectivity index (χ0) is 22.8. The van der Waals surface area contributed by atoms with Gasteiger partial charge in [-0.1, -0.05) is 54.1 Å². The molecule has 0 radical (unpaired) electrons. The summed E-state index contributed by atoms with van der Waals surface area (Å²) in [6.45, 7) is 4.00. The molecule has 0 aliphatic rings. The Morgan fingerprint density at radius 3 is 2.44 bits per heavy atom. The minimum Gasteiger partial charge on any atom is -0.508 e. The summed E-state index contributed by atoms with van der Waals surface area (Å²) in [5.74, 6) is 0.301. The number of phenolic OH excluding ortho intramolecular Hbond substituents is 1. The van der Waals surface area contributed by atoms with E-state index in [1.807, 2.05) is 67.6 Å². The van der Waals surface area contributed by atoms with Gasteiger partial charge in [0.15, 0.2) is 0 Å². The molecule has 0 aliphatic heterocycles. The van der Waals surface area contributed by atoms with Gasteiger partial charge in [0, 0.05) is 23.7 Å². The van der Waals surface area contributed by atoms with E-state index < -0.39 is 0 Å². The van der Waals surface area contributed by atoms with Gasteiger partial charge in [-0.2, -0.15) is 0 Å². The molecule has 32 heavy (non-hydrogen) atoms. The molecule has 5 heteroatoms. The number of hydrogen-bond acceptors (Lipinski definition) is 3. The first-order chi connectivity index (χ1) is 15.5. The van der Waals surface area contributed by atoms with Gasteiger partial charge in [0.25, 0.3) is 5.91 Å². The first-order valence-electron chi connectivity index (χ1n) is 11.1. The molecule has 3 aromatic rings. The second kappa shape index (κ2) is 12.3. The number of aryl methyl sites for hydroxylation is 2. The maximum atomic E-state index is 12.7. The predicted molar refractivity (Wildman–Crippen MR) is 131 cm³/mol. The van der Waals surface area contributed by atoms with Crippen molar-refractivity contribution >= 4 is 17.5 Å². The van der Waals surface area contributed by atoms with Crippen LogP contribution >= 0.6 is 11.6 Å². The molecular formula is C27H31ClN2O2. The Labute approximate surface area is 195 Å². The number of halogens is 1. The third kappa shape index (κ3) is 7.40. The van der Waals surface area contributed by atoms with E-state index in [-0.39, 0.29) is 5.91 Å². The fourth-order valence-electron chi connectivity index (χ4n) is 3.63. The first kappa shape index (κ1) is 23.8. The number of hydrogen-bond donors (Lipinski definition) is 3. The van der Waals surface area contributed by atoms with Crippen molar-refractivity contribution in [1.29, 1.82) is 0 Å². The molecule has 0 unspecified atom stereocenters. The molecule has 0 saturated heterocycles. The predicted octanol–water partition coefficient (Wildman–Crippen LogP) is 5.44. The van der Waals surface area contributed by atoms with E-state index in [2.05, 4.69) is 10.6 Å². The number of carbonyl (C=O) groups is 1. The van der Waals surface area contributed by atoms with Gasteiger partial charge in [0.1, 0.15) is 5.75 Å². The van der Waals surface area contributed by atoms with Crippen LogP contribution in [0.1, 0.15) is 45.5 Å². The van der Waals surface area contributed by atoms with Crippen LogP contribution in [-0.4, -0.2) is 24.1 Å². The number of benzene rings is 3. The Morgan fingerprint density at radius 1 is 0.906 bits per heavy atom. The average Bonchev–Trinajstić information content (AvgIpc) is 2.80. The summed E-state index contributed by atoms with van der Waals surface area (Å²) >= 11 is 5.92. The van der Waals surface area contributed by atoms with Gasteiger partial charge in [-0.05, 0) is 85.7 Å². The molecule has 3 aromatic carbocycles. The summed E-state index contributed by atoms with van der Waals surface area (Å²) < 4.78 is 0. The second-order valence-electron chi connectivity index (χ2n) is 8.04. The number of carbonyl (C=O) groups excluding carboxylic acids is 1. The monoisotopic (exact) mass is 450 g/mol. The van der Waals surface area contributed by atoms with Crippen LogP contribution < -0.4 is 10.6 Å². The van der Waals surface area contributed by atoms with Gasteiger partial charge in [-0.3, -0.25) is 4.79 Å². The molecule has 0 saturated carbocycles. The lowest BCUT2D eigenvalue weighted by molar-refractivity contribution is 0.0952. The Balaban J connectivity index is 1.40. The maximum absolute atomic E-state index is 12.7. The number of unbranched alkanes of at least 4 members (excludes halogenated alkanes) is 1. The van der Waals surface area contributed by atoms with E-state index in [9.17, 15) is 9.90 Å². The smallest absolute Gasteiger partial charge is 0.251 e. The molecule has 4 nitrogen and oxygen atoms in total. The fourth-order valence-corrected chi connectivity index (χ4v) is 3.75. The van der Waals surface area contributed by atoms with E-state index in [0.717, 1.165) is 53.9 Å². The van der Waals surface area contributed by atoms with E-state index in [0.29, 0.717) is 18.8 Å². The summed E-state index contributed by atoms with van der Waals surface area (Å²) in [6, 6.07) is 21.3. The van der Waals surface area contributed by atoms with Crippen LogP contribution in [0.25, 0.3) is 0 Å². The van der Waals surface area contributed by atoms with Crippen molar-refractivity contribution in [2.45, 2.75) is 39.2 Å². The second-order valence-corrected chi connectivity index (χ2v) is 8.48. The summed E-state index contributed by atoms with van der Waals surface area (Å²) in [6.07, 6.45) is 3.79. The van der Waals surface area contributed by atoms with Crippen molar-refractivity contribution < 1.29 is 9.90 Å². The molecule has 168 valence electrons. The highest BCUT2D eigenvalue weighted by Gasteiger charge is 2.10. The van der Waals surface area contributed by atoms with Gasteiger partial charge in [-0.25, -0.2) is 0 Å². The SMILES string of the molecule is Cc1cc(CCNCc2ccccc2C(=O)NCCCCc2ccc(Cl)cc2)ccc1O. The van der Waals surface area contributed by atoms with E-state index in [4.69, 9.17) is 11.6 Å². The standard InChI is InChI=1S/C27H31ClN2O2/c1-20-18-22(11-14-26(20)31)15-17-29-19-23-7-2-3-8-25(23)27(32)30-16-5-4-6-21-9-12-24(28)13-10-21/h2-3,7-14,18,29,31H,4-6,15-17,19H2,1H3,(H,30,32).